The fraction of sp³-hybridized carbons (Fsp3) is 0.0714. The van der Waals surface area contributed by atoms with Crippen molar-refractivity contribution in [1.29, 1.82) is 0 Å². The van der Waals surface area contributed by atoms with Crippen LogP contribution in [0.3, 0.4) is 0 Å². The number of fused-ring (bicyclic) bond motifs is 2. The molecule has 0 saturated heterocycles. The van der Waals surface area contributed by atoms with Crippen LogP contribution in [0.1, 0.15) is 11.1 Å². The van der Waals surface area contributed by atoms with Crippen LogP contribution in [0.25, 0.3) is 43.8 Å². The first kappa shape index (κ1) is 19.2. The Bertz CT molecular complexity index is 1260. The lowest BCUT2D eigenvalue weighted by Crippen LogP contribution is -1.91. The molecule has 0 saturated carbocycles. The van der Waals surface area contributed by atoms with E-state index >= 15 is 0 Å². The first-order chi connectivity index (χ1) is 14.5. The molecule has 0 atom stereocenters. The lowest BCUT2D eigenvalue weighted by Gasteiger charge is -2.18. The second-order valence-electron chi connectivity index (χ2n) is 7.77. The third-order valence-corrected chi connectivity index (χ3v) is 6.67. The average molecular weight is 427 g/mol. The van der Waals surface area contributed by atoms with Crippen molar-refractivity contribution in [2.45, 2.75) is 13.8 Å². The quantitative estimate of drug-likeness (QED) is 0.246. The van der Waals surface area contributed by atoms with Crippen molar-refractivity contribution < 1.29 is 0 Å². The Kier molecular flexibility index (Phi) is 4.77. The lowest BCUT2D eigenvalue weighted by atomic mass is 9.85. The van der Waals surface area contributed by atoms with Gasteiger partial charge < -0.3 is 0 Å². The van der Waals surface area contributed by atoms with E-state index in [4.69, 9.17) is 23.2 Å². The standard InChI is InChI=1S/C28H20Cl2/c1-17-15-19(11-13-25(17)29)27-21-7-3-5-9-23(21)28(24-10-6-4-8-22(24)27)20-12-14-26(30)18(2)16-20/h3-16H,1-2H3. The predicted octanol–water partition coefficient (Wildman–Crippen LogP) is 9.25. The summed E-state index contributed by atoms with van der Waals surface area (Å²) >= 11 is 12.7. The van der Waals surface area contributed by atoms with Crippen molar-refractivity contribution in [2.24, 2.45) is 0 Å². The summed E-state index contributed by atoms with van der Waals surface area (Å²) in [6, 6.07) is 29.9. The van der Waals surface area contributed by atoms with Gasteiger partial charge in [-0.2, -0.15) is 0 Å². The van der Waals surface area contributed by atoms with Crippen LogP contribution in [0.2, 0.25) is 10.0 Å². The molecule has 5 aromatic rings. The van der Waals surface area contributed by atoms with Crippen LogP contribution in [0.4, 0.5) is 0 Å². The van der Waals surface area contributed by atoms with Gasteiger partial charge in [0.25, 0.3) is 0 Å². The zero-order valence-electron chi connectivity index (χ0n) is 16.8. The molecule has 0 heterocycles. The van der Waals surface area contributed by atoms with Crippen LogP contribution in [-0.4, -0.2) is 0 Å². The maximum Gasteiger partial charge on any atom is 0.0435 e. The van der Waals surface area contributed by atoms with E-state index in [9.17, 15) is 0 Å². The van der Waals surface area contributed by atoms with Crippen molar-refractivity contribution in [3.63, 3.8) is 0 Å². The minimum Gasteiger partial charge on any atom is -0.0841 e. The Balaban J connectivity index is 1.96. The minimum atomic E-state index is 0.792. The van der Waals surface area contributed by atoms with Gasteiger partial charge in [-0.25, -0.2) is 0 Å². The fourth-order valence-corrected chi connectivity index (χ4v) is 4.59. The molecule has 0 aliphatic rings. The molecule has 0 aromatic heterocycles. The van der Waals surface area contributed by atoms with Crippen LogP contribution in [-0.2, 0) is 0 Å². The largest absolute Gasteiger partial charge is 0.0841 e. The highest BCUT2D eigenvalue weighted by Crippen LogP contribution is 2.44. The summed E-state index contributed by atoms with van der Waals surface area (Å²) in [6.07, 6.45) is 0. The highest BCUT2D eigenvalue weighted by Gasteiger charge is 2.17. The van der Waals surface area contributed by atoms with E-state index in [2.05, 4.69) is 86.6 Å². The Hall–Kier alpha value is -2.80. The second-order valence-corrected chi connectivity index (χ2v) is 8.58. The summed E-state index contributed by atoms with van der Waals surface area (Å²) in [7, 11) is 0. The molecule has 0 fully saturated rings. The molecule has 0 spiro atoms. The van der Waals surface area contributed by atoms with Crippen LogP contribution in [0.5, 0.6) is 0 Å². The number of rotatable bonds is 2. The first-order valence-electron chi connectivity index (χ1n) is 10.0. The zero-order chi connectivity index (χ0) is 20.8. The summed E-state index contributed by atoms with van der Waals surface area (Å²) in [5.41, 5.74) is 7.02. The second kappa shape index (κ2) is 7.47. The summed E-state index contributed by atoms with van der Waals surface area (Å²) in [4.78, 5) is 0. The zero-order valence-corrected chi connectivity index (χ0v) is 18.4. The van der Waals surface area contributed by atoms with Gasteiger partial charge in [-0.15, -0.1) is 0 Å². The van der Waals surface area contributed by atoms with Crippen LogP contribution < -0.4 is 0 Å². The van der Waals surface area contributed by atoms with Gasteiger partial charge in [-0.1, -0.05) is 83.9 Å². The molecule has 0 aliphatic carbocycles. The van der Waals surface area contributed by atoms with Gasteiger partial charge in [0.15, 0.2) is 0 Å². The van der Waals surface area contributed by atoms with E-state index in [1.807, 2.05) is 12.1 Å². The Morgan fingerprint density at radius 1 is 0.467 bits per heavy atom. The molecule has 146 valence electrons. The van der Waals surface area contributed by atoms with Gasteiger partial charge in [0, 0.05) is 10.0 Å². The molecule has 0 bridgehead atoms. The maximum absolute atomic E-state index is 6.33. The normalized spacial score (nSPS) is 11.3. The third-order valence-electron chi connectivity index (χ3n) is 5.82. The fourth-order valence-electron chi connectivity index (χ4n) is 4.35. The molecule has 0 unspecified atom stereocenters. The van der Waals surface area contributed by atoms with Gasteiger partial charge in [0.1, 0.15) is 0 Å². The molecule has 5 aromatic carbocycles. The number of halogens is 2. The molecule has 2 heteroatoms. The van der Waals surface area contributed by atoms with Crippen LogP contribution in [0.15, 0.2) is 84.9 Å². The number of hydrogen-bond acceptors (Lipinski definition) is 0. The van der Waals surface area contributed by atoms with E-state index in [1.165, 1.54) is 43.8 Å². The van der Waals surface area contributed by atoms with E-state index in [0.29, 0.717) is 0 Å². The van der Waals surface area contributed by atoms with E-state index in [0.717, 1.165) is 21.2 Å². The number of aryl methyl sites for hydroxylation is 2. The summed E-state index contributed by atoms with van der Waals surface area (Å²) < 4.78 is 0. The number of benzene rings is 5. The summed E-state index contributed by atoms with van der Waals surface area (Å²) in [5.74, 6) is 0. The third kappa shape index (κ3) is 3.08. The highest BCUT2D eigenvalue weighted by atomic mass is 35.5. The van der Waals surface area contributed by atoms with E-state index in [-0.39, 0.29) is 0 Å². The molecule has 5 rings (SSSR count). The molecular formula is C28H20Cl2. The van der Waals surface area contributed by atoms with Crippen molar-refractivity contribution in [3.05, 3.63) is 106 Å². The van der Waals surface area contributed by atoms with Crippen molar-refractivity contribution in [2.75, 3.05) is 0 Å². The topological polar surface area (TPSA) is 0 Å². The Morgan fingerprint density at radius 3 is 1.10 bits per heavy atom. The van der Waals surface area contributed by atoms with Crippen molar-refractivity contribution in [1.82, 2.24) is 0 Å². The SMILES string of the molecule is Cc1cc(-c2c3ccccc3c(-c3ccc(Cl)c(C)c3)c3ccccc23)ccc1Cl. The van der Waals surface area contributed by atoms with E-state index in [1.54, 1.807) is 0 Å². The molecule has 0 nitrogen and oxygen atoms in total. The Labute approximate surface area is 186 Å². The predicted molar refractivity (Wildman–Crippen MR) is 132 cm³/mol. The summed E-state index contributed by atoms with van der Waals surface area (Å²) in [5, 5.41) is 6.53. The number of hydrogen-bond donors (Lipinski definition) is 0. The van der Waals surface area contributed by atoms with Crippen molar-refractivity contribution >= 4 is 44.7 Å². The van der Waals surface area contributed by atoms with Crippen molar-refractivity contribution in [3.8, 4) is 22.3 Å². The van der Waals surface area contributed by atoms with Crippen LogP contribution in [0, 0.1) is 13.8 Å². The van der Waals surface area contributed by atoms with Gasteiger partial charge in [0.2, 0.25) is 0 Å². The molecule has 0 N–H and O–H groups in total. The molecule has 0 amide bonds. The Morgan fingerprint density at radius 2 is 0.800 bits per heavy atom. The first-order valence-corrected chi connectivity index (χ1v) is 10.8. The molecular weight excluding hydrogens is 407 g/mol. The minimum absolute atomic E-state index is 0.792. The van der Waals surface area contributed by atoms with Gasteiger partial charge in [-0.3, -0.25) is 0 Å². The lowest BCUT2D eigenvalue weighted by molar-refractivity contribution is 1.47. The smallest absolute Gasteiger partial charge is 0.0435 e. The van der Waals surface area contributed by atoms with E-state index < -0.39 is 0 Å². The molecule has 0 radical (unpaired) electrons. The average Bonchev–Trinajstić information content (AvgIpc) is 2.76. The van der Waals surface area contributed by atoms with Gasteiger partial charge >= 0.3 is 0 Å². The highest BCUT2D eigenvalue weighted by molar-refractivity contribution is 6.32. The molecule has 0 aliphatic heterocycles. The maximum atomic E-state index is 6.33. The van der Waals surface area contributed by atoms with Gasteiger partial charge in [-0.05, 0) is 93.0 Å². The monoisotopic (exact) mass is 426 g/mol. The summed E-state index contributed by atoms with van der Waals surface area (Å²) in [6.45, 7) is 4.11. The van der Waals surface area contributed by atoms with Crippen LogP contribution >= 0.6 is 23.2 Å². The molecule has 30 heavy (non-hydrogen) atoms. The van der Waals surface area contributed by atoms with Gasteiger partial charge in [0.05, 0.1) is 0 Å².